The number of nitrogens with zero attached hydrogens (tertiary/aromatic N) is 3. The standard InChI is InChI=1S/C22H17ClFN3O/c1-28-20-8-7-17(22(24)21(20)15-4-2-6-18(23)10-15)12-27-13-19(26-14-27)16-5-3-9-25-11-16/h2-11,13-14H,12H2,1H3. The highest BCUT2D eigenvalue weighted by molar-refractivity contribution is 6.30. The predicted octanol–water partition coefficient (Wildman–Crippen LogP) is 5.46. The molecule has 0 bridgehead atoms. The van der Waals surface area contributed by atoms with Gasteiger partial charge in [-0.25, -0.2) is 9.37 Å². The first kappa shape index (κ1) is 18.2. The molecule has 4 rings (SSSR count). The van der Waals surface area contributed by atoms with E-state index < -0.39 is 0 Å². The lowest BCUT2D eigenvalue weighted by molar-refractivity contribution is 0.412. The van der Waals surface area contributed by atoms with Gasteiger partial charge in [-0.3, -0.25) is 4.98 Å². The van der Waals surface area contributed by atoms with Crippen molar-refractivity contribution >= 4 is 11.6 Å². The van der Waals surface area contributed by atoms with E-state index in [9.17, 15) is 0 Å². The van der Waals surface area contributed by atoms with Crippen LogP contribution in [-0.4, -0.2) is 21.6 Å². The first-order valence-corrected chi connectivity index (χ1v) is 9.07. The van der Waals surface area contributed by atoms with Gasteiger partial charge in [0.1, 0.15) is 11.6 Å². The number of hydrogen-bond donors (Lipinski definition) is 0. The quantitative estimate of drug-likeness (QED) is 0.452. The molecule has 0 aliphatic carbocycles. The van der Waals surface area contributed by atoms with Gasteiger partial charge >= 0.3 is 0 Å². The Kier molecular flexibility index (Phi) is 5.08. The van der Waals surface area contributed by atoms with Crippen LogP contribution in [0.1, 0.15) is 5.56 Å². The van der Waals surface area contributed by atoms with Crippen molar-refractivity contribution in [3.05, 3.63) is 89.9 Å². The van der Waals surface area contributed by atoms with Crippen LogP contribution in [0, 0.1) is 5.82 Å². The Balaban J connectivity index is 1.70. The van der Waals surface area contributed by atoms with Crippen molar-refractivity contribution in [2.75, 3.05) is 7.11 Å². The molecule has 4 aromatic rings. The number of benzene rings is 2. The molecule has 4 nitrogen and oxygen atoms in total. The highest BCUT2D eigenvalue weighted by Gasteiger charge is 2.17. The molecule has 0 spiro atoms. The summed E-state index contributed by atoms with van der Waals surface area (Å²) < 4.78 is 22.6. The molecule has 0 atom stereocenters. The number of aromatic nitrogens is 3. The first-order valence-electron chi connectivity index (χ1n) is 8.69. The normalized spacial score (nSPS) is 10.8. The summed E-state index contributed by atoms with van der Waals surface area (Å²) in [5, 5.41) is 0.542. The number of rotatable bonds is 5. The maximum atomic E-state index is 15.4. The van der Waals surface area contributed by atoms with Crippen LogP contribution in [-0.2, 0) is 6.54 Å². The van der Waals surface area contributed by atoms with Gasteiger partial charge in [-0.05, 0) is 35.9 Å². The fraction of sp³-hybridized carbons (Fsp3) is 0.0909. The summed E-state index contributed by atoms with van der Waals surface area (Å²) in [6.45, 7) is 0.344. The molecule has 0 amide bonds. The van der Waals surface area contributed by atoms with Crippen LogP contribution < -0.4 is 4.74 Å². The Morgan fingerprint density at radius 3 is 2.71 bits per heavy atom. The van der Waals surface area contributed by atoms with Crippen LogP contribution >= 0.6 is 11.6 Å². The molecule has 2 aromatic carbocycles. The van der Waals surface area contributed by atoms with Gasteiger partial charge in [0.05, 0.1) is 31.2 Å². The van der Waals surface area contributed by atoms with Crippen molar-refractivity contribution < 1.29 is 9.13 Å². The number of imidazole rings is 1. The number of hydrogen-bond acceptors (Lipinski definition) is 3. The van der Waals surface area contributed by atoms with Crippen molar-refractivity contribution in [2.24, 2.45) is 0 Å². The van der Waals surface area contributed by atoms with E-state index >= 15 is 4.39 Å². The summed E-state index contributed by atoms with van der Waals surface area (Å²) in [4.78, 5) is 8.50. The lowest BCUT2D eigenvalue weighted by Gasteiger charge is -2.14. The molecule has 2 heterocycles. The lowest BCUT2D eigenvalue weighted by Crippen LogP contribution is -2.02. The van der Waals surface area contributed by atoms with Gasteiger partial charge < -0.3 is 9.30 Å². The topological polar surface area (TPSA) is 39.9 Å². The van der Waals surface area contributed by atoms with Gasteiger partial charge in [0, 0.05) is 34.7 Å². The molecular formula is C22H17ClFN3O. The molecule has 0 aliphatic rings. The van der Waals surface area contributed by atoms with E-state index in [2.05, 4.69) is 9.97 Å². The molecule has 0 aliphatic heterocycles. The van der Waals surface area contributed by atoms with Crippen LogP contribution in [0.25, 0.3) is 22.4 Å². The predicted molar refractivity (Wildman–Crippen MR) is 108 cm³/mol. The lowest BCUT2D eigenvalue weighted by atomic mass is 10.0. The van der Waals surface area contributed by atoms with Gasteiger partial charge in [0.2, 0.25) is 0 Å². The molecule has 0 N–H and O–H groups in total. The second-order valence-electron chi connectivity index (χ2n) is 6.30. The number of pyridine rings is 1. The van der Waals surface area contributed by atoms with Crippen molar-refractivity contribution in [3.63, 3.8) is 0 Å². The summed E-state index contributed by atoms with van der Waals surface area (Å²) in [6.07, 6.45) is 7.02. The number of methoxy groups -OCH3 is 1. The summed E-state index contributed by atoms with van der Waals surface area (Å²) in [6, 6.07) is 14.4. The van der Waals surface area contributed by atoms with Crippen LogP contribution in [0.4, 0.5) is 4.39 Å². The SMILES string of the molecule is COc1ccc(Cn2cnc(-c3cccnc3)c2)c(F)c1-c1cccc(Cl)c1. The molecule has 0 radical (unpaired) electrons. The van der Waals surface area contributed by atoms with Gasteiger partial charge in [-0.2, -0.15) is 0 Å². The highest BCUT2D eigenvalue weighted by atomic mass is 35.5. The third-order valence-electron chi connectivity index (χ3n) is 4.46. The zero-order valence-corrected chi connectivity index (χ0v) is 15.9. The largest absolute Gasteiger partial charge is 0.496 e. The summed E-state index contributed by atoms with van der Waals surface area (Å²) in [5.74, 6) is 0.128. The maximum Gasteiger partial charge on any atom is 0.139 e. The van der Waals surface area contributed by atoms with E-state index in [4.69, 9.17) is 16.3 Å². The fourth-order valence-electron chi connectivity index (χ4n) is 3.11. The third kappa shape index (κ3) is 3.62. The highest BCUT2D eigenvalue weighted by Crippen LogP contribution is 2.35. The maximum absolute atomic E-state index is 15.4. The van der Waals surface area contributed by atoms with E-state index in [0.717, 1.165) is 11.3 Å². The van der Waals surface area contributed by atoms with Crippen LogP contribution in [0.5, 0.6) is 5.75 Å². The van der Waals surface area contributed by atoms with Gasteiger partial charge in [-0.15, -0.1) is 0 Å². The Bertz CT molecular complexity index is 1110. The molecule has 0 saturated heterocycles. The Morgan fingerprint density at radius 1 is 1.11 bits per heavy atom. The van der Waals surface area contributed by atoms with Gasteiger partial charge in [0.25, 0.3) is 0 Å². The van der Waals surface area contributed by atoms with Crippen molar-refractivity contribution in [1.82, 2.24) is 14.5 Å². The first-order chi connectivity index (χ1) is 13.7. The van der Waals surface area contributed by atoms with E-state index in [-0.39, 0.29) is 5.82 Å². The molecule has 0 unspecified atom stereocenters. The van der Waals surface area contributed by atoms with Crippen LogP contribution in [0.2, 0.25) is 5.02 Å². The molecule has 0 fully saturated rings. The average Bonchev–Trinajstić information content (AvgIpc) is 3.18. The third-order valence-corrected chi connectivity index (χ3v) is 4.70. The molecular weight excluding hydrogens is 377 g/mol. The zero-order valence-electron chi connectivity index (χ0n) is 15.1. The van der Waals surface area contributed by atoms with E-state index in [1.165, 1.54) is 7.11 Å². The summed E-state index contributed by atoms with van der Waals surface area (Å²) in [5.41, 5.74) is 3.31. The van der Waals surface area contributed by atoms with Gasteiger partial charge in [-0.1, -0.05) is 29.8 Å². The van der Waals surface area contributed by atoms with Gasteiger partial charge in [0.15, 0.2) is 0 Å². The molecule has 2 aromatic heterocycles. The Labute approximate surface area is 167 Å². The van der Waals surface area contributed by atoms with Crippen LogP contribution in [0.3, 0.4) is 0 Å². The summed E-state index contributed by atoms with van der Waals surface area (Å²) in [7, 11) is 1.53. The minimum Gasteiger partial charge on any atom is -0.496 e. The molecule has 140 valence electrons. The average molecular weight is 394 g/mol. The number of halogens is 2. The number of ether oxygens (including phenoxy) is 1. The molecule has 6 heteroatoms. The minimum absolute atomic E-state index is 0.335. The monoisotopic (exact) mass is 393 g/mol. The second kappa shape index (κ2) is 7.82. The summed E-state index contributed by atoms with van der Waals surface area (Å²) >= 11 is 6.09. The van der Waals surface area contributed by atoms with Crippen molar-refractivity contribution in [1.29, 1.82) is 0 Å². The minimum atomic E-state index is -0.335. The Morgan fingerprint density at radius 2 is 1.96 bits per heavy atom. The molecule has 28 heavy (non-hydrogen) atoms. The van der Waals surface area contributed by atoms with Crippen LogP contribution in [0.15, 0.2) is 73.4 Å². The van der Waals surface area contributed by atoms with E-state index in [1.807, 2.05) is 29.0 Å². The second-order valence-corrected chi connectivity index (χ2v) is 6.74. The van der Waals surface area contributed by atoms with E-state index in [0.29, 0.717) is 34.0 Å². The van der Waals surface area contributed by atoms with E-state index in [1.54, 1.807) is 49.1 Å². The Hall–Kier alpha value is -3.18. The molecule has 0 saturated carbocycles. The smallest absolute Gasteiger partial charge is 0.139 e. The fourth-order valence-corrected chi connectivity index (χ4v) is 3.30. The van der Waals surface area contributed by atoms with Crippen molar-refractivity contribution in [3.8, 4) is 28.1 Å². The van der Waals surface area contributed by atoms with Crippen molar-refractivity contribution in [2.45, 2.75) is 6.54 Å². The zero-order chi connectivity index (χ0) is 19.5.